The van der Waals surface area contributed by atoms with E-state index >= 15 is 0 Å². The highest BCUT2D eigenvalue weighted by Gasteiger charge is 2.28. The van der Waals surface area contributed by atoms with Crippen molar-refractivity contribution in [1.29, 1.82) is 0 Å². The minimum absolute atomic E-state index is 0.345. The number of nitrogens with one attached hydrogen (secondary N) is 1. The maximum atomic E-state index is 5.65. The maximum Gasteiger partial charge on any atom is 0.155 e. The van der Waals surface area contributed by atoms with Gasteiger partial charge in [0.2, 0.25) is 0 Å². The summed E-state index contributed by atoms with van der Waals surface area (Å²) >= 11 is 0. The van der Waals surface area contributed by atoms with Gasteiger partial charge in [-0.3, -0.25) is 0 Å². The highest BCUT2D eigenvalue weighted by Crippen LogP contribution is 2.23. The molecule has 2 aliphatic rings. The maximum absolute atomic E-state index is 5.65. The Balaban J connectivity index is 1.61. The van der Waals surface area contributed by atoms with E-state index in [1.165, 1.54) is 12.8 Å². The molecular formula is C14H19N5O. The average Bonchev–Trinajstić information content (AvgIpc) is 3.20. The van der Waals surface area contributed by atoms with E-state index < -0.39 is 0 Å². The third-order valence-corrected chi connectivity index (χ3v) is 4.02. The van der Waals surface area contributed by atoms with Crippen molar-refractivity contribution in [2.75, 3.05) is 31.2 Å². The van der Waals surface area contributed by atoms with Crippen LogP contribution in [0.5, 0.6) is 0 Å². The minimum Gasteiger partial charge on any atom is -0.377 e. The summed E-state index contributed by atoms with van der Waals surface area (Å²) in [7, 11) is 0. The molecule has 1 saturated heterocycles. The van der Waals surface area contributed by atoms with Crippen LogP contribution in [-0.2, 0) is 4.74 Å². The number of nitrogens with zero attached hydrogens (tertiary/aromatic N) is 4. The summed E-state index contributed by atoms with van der Waals surface area (Å²) in [5.41, 5.74) is 1.06. The second-order valence-corrected chi connectivity index (χ2v) is 5.52. The monoisotopic (exact) mass is 273 g/mol. The standard InChI is InChI=1S/C14H19N5O/c1-2-11(1)16-9-12-10-20-8-7-18(12)14-13-3-4-17-19(13)6-5-15-14/h3-6,11-12,16H,1-2,7-10H2. The molecule has 0 spiro atoms. The molecule has 2 fully saturated rings. The van der Waals surface area contributed by atoms with E-state index in [0.29, 0.717) is 6.04 Å². The predicted octanol–water partition coefficient (Wildman–Crippen LogP) is 0.686. The Morgan fingerprint density at radius 2 is 2.30 bits per heavy atom. The quantitative estimate of drug-likeness (QED) is 0.888. The van der Waals surface area contributed by atoms with Gasteiger partial charge in [0.25, 0.3) is 0 Å². The van der Waals surface area contributed by atoms with Gasteiger partial charge in [0.15, 0.2) is 5.82 Å². The van der Waals surface area contributed by atoms with Gasteiger partial charge in [-0.05, 0) is 18.9 Å². The van der Waals surface area contributed by atoms with Gasteiger partial charge in [-0.1, -0.05) is 0 Å². The van der Waals surface area contributed by atoms with Crippen molar-refractivity contribution >= 4 is 11.3 Å². The number of ether oxygens (including phenoxy) is 1. The molecule has 0 bridgehead atoms. The third-order valence-electron chi connectivity index (χ3n) is 4.02. The van der Waals surface area contributed by atoms with Crippen LogP contribution in [0, 0.1) is 0 Å². The summed E-state index contributed by atoms with van der Waals surface area (Å²) in [5, 5.41) is 7.88. The molecule has 1 unspecified atom stereocenters. The van der Waals surface area contributed by atoms with E-state index in [-0.39, 0.29) is 0 Å². The summed E-state index contributed by atoms with van der Waals surface area (Å²) in [6.07, 6.45) is 8.14. The first-order valence-electron chi connectivity index (χ1n) is 7.28. The zero-order valence-corrected chi connectivity index (χ0v) is 11.4. The Kier molecular flexibility index (Phi) is 3.05. The van der Waals surface area contributed by atoms with Crippen molar-refractivity contribution in [3.05, 3.63) is 24.7 Å². The van der Waals surface area contributed by atoms with E-state index in [4.69, 9.17) is 4.74 Å². The van der Waals surface area contributed by atoms with Gasteiger partial charge < -0.3 is 15.0 Å². The van der Waals surface area contributed by atoms with Gasteiger partial charge in [0.05, 0.1) is 25.5 Å². The molecule has 6 nitrogen and oxygen atoms in total. The molecule has 1 aliphatic heterocycles. The number of morpholine rings is 1. The van der Waals surface area contributed by atoms with Crippen molar-refractivity contribution < 1.29 is 4.74 Å². The van der Waals surface area contributed by atoms with Crippen LogP contribution in [0.25, 0.3) is 5.52 Å². The zero-order valence-electron chi connectivity index (χ0n) is 11.4. The van der Waals surface area contributed by atoms with Crippen LogP contribution in [-0.4, -0.2) is 53.0 Å². The molecule has 1 aliphatic carbocycles. The number of aromatic nitrogens is 3. The van der Waals surface area contributed by atoms with Crippen LogP contribution < -0.4 is 10.2 Å². The molecule has 3 heterocycles. The van der Waals surface area contributed by atoms with Crippen LogP contribution in [0.4, 0.5) is 5.82 Å². The van der Waals surface area contributed by atoms with E-state index in [2.05, 4.69) is 20.3 Å². The molecule has 20 heavy (non-hydrogen) atoms. The van der Waals surface area contributed by atoms with E-state index in [0.717, 1.165) is 43.7 Å². The van der Waals surface area contributed by atoms with Crippen molar-refractivity contribution in [2.24, 2.45) is 0 Å². The third kappa shape index (κ3) is 2.25. The highest BCUT2D eigenvalue weighted by molar-refractivity contribution is 5.68. The Morgan fingerprint density at radius 1 is 1.35 bits per heavy atom. The first kappa shape index (κ1) is 12.1. The van der Waals surface area contributed by atoms with Gasteiger partial charge in [0.1, 0.15) is 5.52 Å². The average molecular weight is 273 g/mol. The molecule has 1 saturated carbocycles. The first-order valence-corrected chi connectivity index (χ1v) is 7.28. The van der Waals surface area contributed by atoms with Crippen LogP contribution in [0.3, 0.4) is 0 Å². The lowest BCUT2D eigenvalue weighted by Gasteiger charge is -2.36. The zero-order chi connectivity index (χ0) is 13.4. The topological polar surface area (TPSA) is 54.7 Å². The second kappa shape index (κ2) is 5.03. The second-order valence-electron chi connectivity index (χ2n) is 5.52. The number of anilines is 1. The summed E-state index contributed by atoms with van der Waals surface area (Å²) in [6.45, 7) is 3.36. The summed E-state index contributed by atoms with van der Waals surface area (Å²) in [5.74, 6) is 1.01. The largest absolute Gasteiger partial charge is 0.377 e. The molecule has 106 valence electrons. The minimum atomic E-state index is 0.345. The van der Waals surface area contributed by atoms with Crippen molar-refractivity contribution in [3.63, 3.8) is 0 Å². The fourth-order valence-electron chi connectivity index (χ4n) is 2.76. The fraction of sp³-hybridized carbons (Fsp3) is 0.571. The van der Waals surface area contributed by atoms with E-state index in [1.54, 1.807) is 0 Å². The van der Waals surface area contributed by atoms with E-state index in [9.17, 15) is 0 Å². The molecule has 6 heteroatoms. The van der Waals surface area contributed by atoms with Gasteiger partial charge in [-0.2, -0.15) is 5.10 Å². The van der Waals surface area contributed by atoms with Crippen molar-refractivity contribution in [2.45, 2.75) is 24.9 Å². The predicted molar refractivity (Wildman–Crippen MR) is 76.0 cm³/mol. The lowest BCUT2D eigenvalue weighted by molar-refractivity contribution is 0.0933. The smallest absolute Gasteiger partial charge is 0.155 e. The molecular weight excluding hydrogens is 254 g/mol. The van der Waals surface area contributed by atoms with Gasteiger partial charge in [-0.25, -0.2) is 9.50 Å². The fourth-order valence-corrected chi connectivity index (χ4v) is 2.76. The Bertz CT molecular complexity index is 594. The Labute approximate surface area is 117 Å². The number of hydrogen-bond donors (Lipinski definition) is 1. The molecule has 0 aromatic carbocycles. The van der Waals surface area contributed by atoms with Crippen LogP contribution in [0.2, 0.25) is 0 Å². The highest BCUT2D eigenvalue weighted by atomic mass is 16.5. The number of fused-ring (bicyclic) bond motifs is 1. The molecule has 2 aromatic rings. The molecule has 0 radical (unpaired) electrons. The molecule has 4 rings (SSSR count). The van der Waals surface area contributed by atoms with E-state index in [1.807, 2.05) is 29.2 Å². The van der Waals surface area contributed by atoms with Gasteiger partial charge in [0, 0.05) is 31.5 Å². The van der Waals surface area contributed by atoms with Gasteiger partial charge in [-0.15, -0.1) is 0 Å². The SMILES string of the molecule is c1cn2nccc2c(N2CCOCC2CNC2CC2)n1. The molecule has 1 N–H and O–H groups in total. The molecule has 1 atom stereocenters. The summed E-state index contributed by atoms with van der Waals surface area (Å²) < 4.78 is 7.53. The van der Waals surface area contributed by atoms with Crippen molar-refractivity contribution in [3.8, 4) is 0 Å². The first-order chi connectivity index (χ1) is 9.92. The summed E-state index contributed by atoms with van der Waals surface area (Å²) in [4.78, 5) is 6.93. The number of hydrogen-bond acceptors (Lipinski definition) is 5. The Morgan fingerprint density at radius 3 is 3.20 bits per heavy atom. The van der Waals surface area contributed by atoms with Crippen molar-refractivity contribution in [1.82, 2.24) is 19.9 Å². The molecule has 2 aromatic heterocycles. The Hall–Kier alpha value is -1.66. The van der Waals surface area contributed by atoms with Crippen LogP contribution in [0.15, 0.2) is 24.7 Å². The number of rotatable bonds is 4. The van der Waals surface area contributed by atoms with Crippen LogP contribution >= 0.6 is 0 Å². The van der Waals surface area contributed by atoms with Crippen LogP contribution in [0.1, 0.15) is 12.8 Å². The molecule has 0 amide bonds. The lowest BCUT2D eigenvalue weighted by atomic mass is 10.2. The summed E-state index contributed by atoms with van der Waals surface area (Å²) in [6, 6.07) is 3.08. The lowest BCUT2D eigenvalue weighted by Crippen LogP contribution is -2.51. The van der Waals surface area contributed by atoms with Gasteiger partial charge >= 0.3 is 0 Å². The normalized spacial score (nSPS) is 23.4.